The maximum atomic E-state index is 12.3. The van der Waals surface area contributed by atoms with E-state index in [-0.39, 0.29) is 11.9 Å². The van der Waals surface area contributed by atoms with Crippen molar-refractivity contribution in [3.05, 3.63) is 59.7 Å². The van der Waals surface area contributed by atoms with Gasteiger partial charge in [-0.1, -0.05) is 12.1 Å². The molecule has 1 N–H and O–H groups in total. The Kier molecular flexibility index (Phi) is 5.42. The summed E-state index contributed by atoms with van der Waals surface area (Å²) in [5.74, 6) is 1.43. The van der Waals surface area contributed by atoms with Crippen molar-refractivity contribution in [3.63, 3.8) is 0 Å². The Morgan fingerprint density at radius 3 is 2.50 bits per heavy atom. The van der Waals surface area contributed by atoms with Gasteiger partial charge in [0.1, 0.15) is 11.5 Å². The number of hydrogen-bond donors (Lipinski definition) is 1. The molecule has 0 unspecified atom stereocenters. The van der Waals surface area contributed by atoms with Gasteiger partial charge in [-0.25, -0.2) is 0 Å². The van der Waals surface area contributed by atoms with Gasteiger partial charge in [-0.2, -0.15) is 0 Å². The van der Waals surface area contributed by atoms with Crippen molar-refractivity contribution in [1.29, 1.82) is 0 Å². The van der Waals surface area contributed by atoms with Gasteiger partial charge in [-0.15, -0.1) is 0 Å². The highest BCUT2D eigenvalue weighted by Gasteiger charge is 2.12. The standard InChI is InChI=1S/C18H21NO3/c1-4-22-16-10-8-14(9-11-16)18(20)19-13(2)15-6-5-7-17(12-15)21-3/h5-13H,4H2,1-3H3,(H,19,20)/t13-/m1/s1. The number of benzene rings is 2. The first-order chi connectivity index (χ1) is 10.6. The van der Waals surface area contributed by atoms with E-state index in [1.54, 1.807) is 31.4 Å². The number of carbonyl (C=O) groups is 1. The molecule has 2 aromatic carbocycles. The molecule has 0 spiro atoms. The van der Waals surface area contributed by atoms with E-state index in [0.717, 1.165) is 17.1 Å². The first-order valence-corrected chi connectivity index (χ1v) is 7.31. The fourth-order valence-corrected chi connectivity index (χ4v) is 2.14. The lowest BCUT2D eigenvalue weighted by atomic mass is 10.1. The summed E-state index contributed by atoms with van der Waals surface area (Å²) in [4.78, 5) is 12.3. The fourth-order valence-electron chi connectivity index (χ4n) is 2.14. The van der Waals surface area contributed by atoms with Crippen LogP contribution in [0.15, 0.2) is 48.5 Å². The van der Waals surface area contributed by atoms with Gasteiger partial charge in [0.2, 0.25) is 0 Å². The van der Waals surface area contributed by atoms with Crippen LogP contribution in [0.5, 0.6) is 11.5 Å². The average molecular weight is 299 g/mol. The van der Waals surface area contributed by atoms with E-state index in [1.807, 2.05) is 38.1 Å². The van der Waals surface area contributed by atoms with E-state index in [1.165, 1.54) is 0 Å². The van der Waals surface area contributed by atoms with Gasteiger partial charge >= 0.3 is 0 Å². The quantitative estimate of drug-likeness (QED) is 0.887. The molecule has 0 aliphatic carbocycles. The first-order valence-electron chi connectivity index (χ1n) is 7.31. The highest BCUT2D eigenvalue weighted by molar-refractivity contribution is 5.94. The fraction of sp³-hybridized carbons (Fsp3) is 0.278. The Balaban J connectivity index is 2.03. The Morgan fingerprint density at radius 2 is 1.86 bits per heavy atom. The molecule has 22 heavy (non-hydrogen) atoms. The normalized spacial score (nSPS) is 11.6. The lowest BCUT2D eigenvalue weighted by Crippen LogP contribution is -2.26. The lowest BCUT2D eigenvalue weighted by molar-refractivity contribution is 0.0940. The summed E-state index contributed by atoms with van der Waals surface area (Å²) in [6.07, 6.45) is 0. The van der Waals surface area contributed by atoms with Gasteiger partial charge < -0.3 is 14.8 Å². The first kappa shape index (κ1) is 15.9. The average Bonchev–Trinajstić information content (AvgIpc) is 2.55. The van der Waals surface area contributed by atoms with E-state index in [2.05, 4.69) is 5.32 Å². The van der Waals surface area contributed by atoms with Gasteiger partial charge in [-0.3, -0.25) is 4.79 Å². The van der Waals surface area contributed by atoms with Crippen LogP contribution in [0.1, 0.15) is 35.8 Å². The Bertz CT molecular complexity index is 622. The number of hydrogen-bond acceptors (Lipinski definition) is 3. The number of amides is 1. The molecular weight excluding hydrogens is 278 g/mol. The third-order valence-electron chi connectivity index (χ3n) is 3.37. The van der Waals surface area contributed by atoms with Crippen molar-refractivity contribution in [2.45, 2.75) is 19.9 Å². The number of carbonyl (C=O) groups excluding carboxylic acids is 1. The molecule has 1 amide bonds. The van der Waals surface area contributed by atoms with Crippen molar-refractivity contribution in [3.8, 4) is 11.5 Å². The SMILES string of the molecule is CCOc1ccc(C(=O)N[C@H](C)c2cccc(OC)c2)cc1. The molecule has 4 heteroatoms. The molecule has 0 radical (unpaired) electrons. The largest absolute Gasteiger partial charge is 0.497 e. The summed E-state index contributed by atoms with van der Waals surface area (Å²) in [5.41, 5.74) is 1.61. The van der Waals surface area contributed by atoms with E-state index >= 15 is 0 Å². The topological polar surface area (TPSA) is 47.6 Å². The molecule has 116 valence electrons. The third-order valence-corrected chi connectivity index (χ3v) is 3.37. The van der Waals surface area contributed by atoms with E-state index in [0.29, 0.717) is 12.2 Å². The maximum Gasteiger partial charge on any atom is 0.251 e. The van der Waals surface area contributed by atoms with E-state index in [4.69, 9.17) is 9.47 Å². The minimum atomic E-state index is -0.113. The summed E-state index contributed by atoms with van der Waals surface area (Å²) in [6, 6.07) is 14.7. The minimum absolute atomic E-state index is 0.103. The second-order valence-electron chi connectivity index (χ2n) is 4.93. The second kappa shape index (κ2) is 7.50. The second-order valence-corrected chi connectivity index (χ2v) is 4.93. The molecule has 2 rings (SSSR count). The van der Waals surface area contributed by atoms with Crippen molar-refractivity contribution in [2.24, 2.45) is 0 Å². The molecular formula is C18H21NO3. The molecule has 4 nitrogen and oxygen atoms in total. The predicted molar refractivity (Wildman–Crippen MR) is 86.5 cm³/mol. The molecule has 0 bridgehead atoms. The van der Waals surface area contributed by atoms with Gasteiger partial charge in [0.15, 0.2) is 0 Å². The molecule has 0 aliphatic heterocycles. The monoisotopic (exact) mass is 299 g/mol. The molecule has 0 saturated carbocycles. The lowest BCUT2D eigenvalue weighted by Gasteiger charge is -2.15. The van der Waals surface area contributed by atoms with Crippen LogP contribution in [-0.2, 0) is 0 Å². The number of rotatable bonds is 6. The number of methoxy groups -OCH3 is 1. The summed E-state index contributed by atoms with van der Waals surface area (Å²) >= 11 is 0. The Morgan fingerprint density at radius 1 is 1.14 bits per heavy atom. The van der Waals surface area contributed by atoms with Crippen LogP contribution in [0.2, 0.25) is 0 Å². The highest BCUT2D eigenvalue weighted by atomic mass is 16.5. The van der Waals surface area contributed by atoms with Crippen LogP contribution in [-0.4, -0.2) is 19.6 Å². The number of nitrogens with one attached hydrogen (secondary N) is 1. The highest BCUT2D eigenvalue weighted by Crippen LogP contribution is 2.19. The summed E-state index contributed by atoms with van der Waals surface area (Å²) < 4.78 is 10.6. The molecule has 0 fully saturated rings. The zero-order valence-electron chi connectivity index (χ0n) is 13.1. The van der Waals surface area contributed by atoms with Gasteiger partial charge in [0.25, 0.3) is 5.91 Å². The smallest absolute Gasteiger partial charge is 0.251 e. The number of ether oxygens (including phenoxy) is 2. The van der Waals surface area contributed by atoms with Crippen LogP contribution in [0.3, 0.4) is 0 Å². The molecule has 0 saturated heterocycles. The minimum Gasteiger partial charge on any atom is -0.497 e. The van der Waals surface area contributed by atoms with E-state index < -0.39 is 0 Å². The molecule has 0 aromatic heterocycles. The Hall–Kier alpha value is -2.49. The zero-order valence-corrected chi connectivity index (χ0v) is 13.1. The molecule has 2 aromatic rings. The van der Waals surface area contributed by atoms with Gasteiger partial charge in [0.05, 0.1) is 19.8 Å². The van der Waals surface area contributed by atoms with Gasteiger partial charge in [-0.05, 0) is 55.8 Å². The van der Waals surface area contributed by atoms with Crippen LogP contribution >= 0.6 is 0 Å². The summed E-state index contributed by atoms with van der Waals surface area (Å²) in [6.45, 7) is 4.48. The van der Waals surface area contributed by atoms with Crippen molar-refractivity contribution in [2.75, 3.05) is 13.7 Å². The predicted octanol–water partition coefficient (Wildman–Crippen LogP) is 3.58. The van der Waals surface area contributed by atoms with Crippen molar-refractivity contribution in [1.82, 2.24) is 5.32 Å². The van der Waals surface area contributed by atoms with Gasteiger partial charge in [0, 0.05) is 5.56 Å². The van der Waals surface area contributed by atoms with E-state index in [9.17, 15) is 4.79 Å². The van der Waals surface area contributed by atoms with Crippen LogP contribution < -0.4 is 14.8 Å². The maximum absolute atomic E-state index is 12.3. The van der Waals surface area contributed by atoms with Crippen LogP contribution in [0.4, 0.5) is 0 Å². The zero-order chi connectivity index (χ0) is 15.9. The molecule has 0 aliphatic rings. The summed E-state index contributed by atoms with van der Waals surface area (Å²) in [5, 5.41) is 2.98. The third kappa shape index (κ3) is 4.01. The van der Waals surface area contributed by atoms with Crippen LogP contribution in [0.25, 0.3) is 0 Å². The Labute approximate surface area is 131 Å². The van der Waals surface area contributed by atoms with Crippen molar-refractivity contribution < 1.29 is 14.3 Å². The molecule has 1 atom stereocenters. The molecule has 0 heterocycles. The summed E-state index contributed by atoms with van der Waals surface area (Å²) in [7, 11) is 1.63. The van der Waals surface area contributed by atoms with Crippen LogP contribution in [0, 0.1) is 0 Å². The van der Waals surface area contributed by atoms with Crippen molar-refractivity contribution >= 4 is 5.91 Å².